The van der Waals surface area contributed by atoms with E-state index in [0.29, 0.717) is 11.2 Å². The highest BCUT2D eigenvalue weighted by molar-refractivity contribution is 7.80. The second-order valence-electron chi connectivity index (χ2n) is 6.41. The van der Waals surface area contributed by atoms with Crippen LogP contribution in [0.3, 0.4) is 0 Å². The van der Waals surface area contributed by atoms with Gasteiger partial charge in [-0.3, -0.25) is 5.43 Å². The van der Waals surface area contributed by atoms with Crippen LogP contribution in [0.5, 0.6) is 0 Å². The maximum absolute atomic E-state index is 5.49. The van der Waals surface area contributed by atoms with E-state index in [2.05, 4.69) is 39.6 Å². The van der Waals surface area contributed by atoms with Crippen LogP contribution in [0.15, 0.2) is 41.5 Å². The maximum atomic E-state index is 5.49. The summed E-state index contributed by atoms with van der Waals surface area (Å²) in [6.07, 6.45) is 6.36. The van der Waals surface area contributed by atoms with Crippen molar-refractivity contribution in [1.82, 2.24) is 15.3 Å². The molecular weight excluding hydrogens is 316 g/mol. The molecule has 1 heterocycles. The number of pyridine rings is 1. The topological polar surface area (TPSA) is 40.5 Å². The number of hydrogen-bond donors (Lipinski definition) is 1. The Balaban J connectivity index is 1.66. The number of rotatable bonds is 3. The van der Waals surface area contributed by atoms with Gasteiger partial charge in [-0.05, 0) is 44.1 Å². The highest BCUT2D eigenvalue weighted by Gasteiger charge is 2.19. The van der Waals surface area contributed by atoms with Crippen molar-refractivity contribution < 1.29 is 0 Å². The lowest BCUT2D eigenvalue weighted by Crippen LogP contribution is -2.42. The molecule has 1 fully saturated rings. The summed E-state index contributed by atoms with van der Waals surface area (Å²) in [6, 6.07) is 12.7. The van der Waals surface area contributed by atoms with Gasteiger partial charge in [0.05, 0.1) is 16.9 Å². The molecule has 0 radical (unpaired) electrons. The van der Waals surface area contributed by atoms with Gasteiger partial charge in [0, 0.05) is 18.5 Å². The number of nitrogens with one attached hydrogen (secondary N) is 1. The first-order chi connectivity index (χ1) is 11.6. The Hall–Kier alpha value is -2.01. The van der Waals surface area contributed by atoms with Gasteiger partial charge >= 0.3 is 0 Å². The van der Waals surface area contributed by atoms with Gasteiger partial charge in [0.15, 0.2) is 5.11 Å². The zero-order chi connectivity index (χ0) is 16.9. The van der Waals surface area contributed by atoms with Crippen LogP contribution in [-0.4, -0.2) is 33.8 Å². The van der Waals surface area contributed by atoms with E-state index in [1.54, 1.807) is 0 Å². The molecule has 126 valence electrons. The highest BCUT2D eigenvalue weighted by Crippen LogP contribution is 2.21. The Bertz CT molecular complexity index is 750. The van der Waals surface area contributed by atoms with E-state index in [1.807, 2.05) is 31.2 Å². The predicted molar refractivity (Wildman–Crippen MR) is 104 cm³/mol. The molecule has 0 atom stereocenters. The Morgan fingerprint density at radius 2 is 1.92 bits per heavy atom. The minimum atomic E-state index is 0.535. The molecule has 5 heteroatoms. The SMILES string of the molecule is C/C(=N/NC(=S)N(C)C1CCCCC1)c1ccc2ccccc2n1. The average molecular weight is 340 g/mol. The lowest BCUT2D eigenvalue weighted by Gasteiger charge is -2.32. The third-order valence-electron chi connectivity index (χ3n) is 4.73. The minimum absolute atomic E-state index is 0.535. The standard InChI is InChI=1S/C19H24N4S/c1-14(17-13-12-15-8-6-7-11-18(15)20-17)21-22-19(24)23(2)16-9-4-3-5-10-16/h6-8,11-13,16H,3-5,9-10H2,1-2H3,(H,22,24)/b21-14-. The third-order valence-corrected chi connectivity index (χ3v) is 5.11. The zero-order valence-electron chi connectivity index (χ0n) is 14.3. The van der Waals surface area contributed by atoms with Crippen molar-refractivity contribution in [3.63, 3.8) is 0 Å². The van der Waals surface area contributed by atoms with Crippen molar-refractivity contribution in [3.05, 3.63) is 42.1 Å². The molecule has 1 aromatic heterocycles. The number of nitrogens with zero attached hydrogens (tertiary/aromatic N) is 3. The predicted octanol–water partition coefficient (Wildman–Crippen LogP) is 4.10. The van der Waals surface area contributed by atoms with Gasteiger partial charge in [0.1, 0.15) is 0 Å². The van der Waals surface area contributed by atoms with Crippen molar-refractivity contribution >= 4 is 33.9 Å². The summed E-state index contributed by atoms with van der Waals surface area (Å²) in [5, 5.41) is 6.25. The Morgan fingerprint density at radius 1 is 1.17 bits per heavy atom. The summed E-state index contributed by atoms with van der Waals surface area (Å²) >= 11 is 5.49. The average Bonchev–Trinajstić information content (AvgIpc) is 2.65. The highest BCUT2D eigenvalue weighted by atomic mass is 32.1. The molecule has 1 N–H and O–H groups in total. The molecule has 0 aliphatic heterocycles. The van der Waals surface area contributed by atoms with Gasteiger partial charge in [-0.1, -0.05) is 43.5 Å². The lowest BCUT2D eigenvalue weighted by molar-refractivity contribution is 0.276. The quantitative estimate of drug-likeness (QED) is 0.519. The summed E-state index contributed by atoms with van der Waals surface area (Å²) in [6.45, 7) is 1.95. The van der Waals surface area contributed by atoms with Gasteiger partial charge in [-0.15, -0.1) is 0 Å². The van der Waals surface area contributed by atoms with Crippen molar-refractivity contribution in [2.24, 2.45) is 5.10 Å². The molecule has 24 heavy (non-hydrogen) atoms. The van der Waals surface area contributed by atoms with Crippen LogP contribution >= 0.6 is 12.2 Å². The van der Waals surface area contributed by atoms with Crippen molar-refractivity contribution in [2.75, 3.05) is 7.05 Å². The van der Waals surface area contributed by atoms with Crippen LogP contribution in [0.2, 0.25) is 0 Å². The van der Waals surface area contributed by atoms with Crippen molar-refractivity contribution in [3.8, 4) is 0 Å². The molecule has 2 aromatic rings. The molecule has 0 saturated heterocycles. The van der Waals surface area contributed by atoms with E-state index in [4.69, 9.17) is 12.2 Å². The fourth-order valence-electron chi connectivity index (χ4n) is 3.17. The molecule has 1 aliphatic rings. The first-order valence-electron chi connectivity index (χ1n) is 8.58. The summed E-state index contributed by atoms with van der Waals surface area (Å²) < 4.78 is 0. The van der Waals surface area contributed by atoms with Crippen LogP contribution in [-0.2, 0) is 0 Å². The number of fused-ring (bicyclic) bond motifs is 1. The smallest absolute Gasteiger partial charge is 0.189 e. The number of aromatic nitrogens is 1. The third kappa shape index (κ3) is 3.90. The van der Waals surface area contributed by atoms with Crippen molar-refractivity contribution in [1.29, 1.82) is 0 Å². The Labute approximate surface area is 149 Å². The number of hydrazone groups is 1. The molecule has 0 amide bonds. The summed E-state index contributed by atoms with van der Waals surface area (Å²) in [7, 11) is 2.06. The first-order valence-corrected chi connectivity index (χ1v) is 8.99. The number of thiocarbonyl (C=S) groups is 1. The second kappa shape index (κ2) is 7.71. The van der Waals surface area contributed by atoms with E-state index < -0.39 is 0 Å². The fourth-order valence-corrected chi connectivity index (χ4v) is 3.36. The summed E-state index contributed by atoms with van der Waals surface area (Å²) in [5.74, 6) is 0. The van der Waals surface area contributed by atoms with E-state index in [0.717, 1.165) is 22.3 Å². The molecule has 0 spiro atoms. The number of hydrogen-bond acceptors (Lipinski definition) is 3. The van der Waals surface area contributed by atoms with Crippen molar-refractivity contribution in [2.45, 2.75) is 45.1 Å². The van der Waals surface area contributed by atoms with E-state index in [1.165, 1.54) is 32.1 Å². The van der Waals surface area contributed by atoms with Crippen LogP contribution in [0, 0.1) is 0 Å². The molecule has 0 bridgehead atoms. The van der Waals surface area contributed by atoms with Gasteiger partial charge < -0.3 is 4.90 Å². The molecule has 4 nitrogen and oxygen atoms in total. The number of benzene rings is 1. The van der Waals surface area contributed by atoms with Crippen LogP contribution in [0.1, 0.15) is 44.7 Å². The zero-order valence-corrected chi connectivity index (χ0v) is 15.1. The Kier molecular flexibility index (Phi) is 5.41. The Morgan fingerprint density at radius 3 is 2.71 bits per heavy atom. The second-order valence-corrected chi connectivity index (χ2v) is 6.79. The summed E-state index contributed by atoms with van der Waals surface area (Å²) in [5.41, 5.74) is 5.71. The van der Waals surface area contributed by atoms with E-state index in [-0.39, 0.29) is 0 Å². The minimum Gasteiger partial charge on any atom is -0.348 e. The maximum Gasteiger partial charge on any atom is 0.189 e. The molecule has 1 saturated carbocycles. The van der Waals surface area contributed by atoms with Gasteiger partial charge in [0.25, 0.3) is 0 Å². The number of para-hydroxylation sites is 1. The fraction of sp³-hybridized carbons (Fsp3) is 0.421. The molecule has 1 aromatic carbocycles. The van der Waals surface area contributed by atoms with Crippen LogP contribution < -0.4 is 5.43 Å². The van der Waals surface area contributed by atoms with Crippen LogP contribution in [0.25, 0.3) is 10.9 Å². The monoisotopic (exact) mass is 340 g/mol. The van der Waals surface area contributed by atoms with Crippen LogP contribution in [0.4, 0.5) is 0 Å². The van der Waals surface area contributed by atoms with E-state index in [9.17, 15) is 0 Å². The van der Waals surface area contributed by atoms with Gasteiger partial charge in [-0.25, -0.2) is 4.98 Å². The molecule has 0 unspecified atom stereocenters. The lowest BCUT2D eigenvalue weighted by atomic mass is 9.95. The largest absolute Gasteiger partial charge is 0.348 e. The summed E-state index contributed by atoms with van der Waals surface area (Å²) in [4.78, 5) is 6.81. The normalized spacial score (nSPS) is 16.2. The first kappa shape index (κ1) is 16.8. The molecular formula is C19H24N4S. The van der Waals surface area contributed by atoms with Gasteiger partial charge in [0.2, 0.25) is 0 Å². The molecule has 3 rings (SSSR count). The van der Waals surface area contributed by atoms with E-state index >= 15 is 0 Å². The van der Waals surface area contributed by atoms with Gasteiger partial charge in [-0.2, -0.15) is 5.10 Å². The molecule has 1 aliphatic carbocycles.